The van der Waals surface area contributed by atoms with Gasteiger partial charge in [-0.2, -0.15) is 9.97 Å². The average Bonchev–Trinajstić information content (AvgIpc) is 3.43. The van der Waals surface area contributed by atoms with Crippen LogP contribution in [0.3, 0.4) is 0 Å². The van der Waals surface area contributed by atoms with Crippen LogP contribution < -0.4 is 10.6 Å². The molecular weight excluding hydrogens is 611 g/mol. The monoisotopic (exact) mass is 634 g/mol. The Labute approximate surface area is 231 Å². The van der Waals surface area contributed by atoms with Gasteiger partial charge in [0.25, 0.3) is 5.91 Å². The lowest BCUT2D eigenvalue weighted by Crippen LogP contribution is -2.43. The molecule has 4 atom stereocenters. The quantitative estimate of drug-likeness (QED) is 0.172. The first-order chi connectivity index (χ1) is 17.9. The van der Waals surface area contributed by atoms with E-state index in [1.165, 1.54) is 10.9 Å². The Hall–Kier alpha value is -2.84. The van der Waals surface area contributed by atoms with Crippen molar-refractivity contribution in [3.63, 3.8) is 0 Å². The maximum Gasteiger partial charge on any atom is 0.252 e. The van der Waals surface area contributed by atoms with Crippen molar-refractivity contribution in [1.29, 1.82) is 0 Å². The summed E-state index contributed by atoms with van der Waals surface area (Å²) in [6.45, 7) is 0.848. The predicted molar refractivity (Wildman–Crippen MR) is 146 cm³/mol. The summed E-state index contributed by atoms with van der Waals surface area (Å²) in [7, 11) is 0. The van der Waals surface area contributed by atoms with Crippen molar-refractivity contribution in [2.24, 2.45) is 0 Å². The summed E-state index contributed by atoms with van der Waals surface area (Å²) in [5.74, 6) is -0.0993. The van der Waals surface area contributed by atoms with Crippen LogP contribution in [-0.2, 0) is 22.5 Å². The lowest BCUT2D eigenvalue weighted by molar-refractivity contribution is -0.137. The number of halogens is 2. The molecule has 3 heterocycles. The minimum atomic E-state index is -1.44. The molecule has 0 bridgehead atoms. The zero-order chi connectivity index (χ0) is 25.9. The molecule has 10 nitrogen and oxygen atoms in total. The second-order valence-corrected chi connectivity index (χ2v) is 10.2. The number of rotatable bonds is 8. The van der Waals surface area contributed by atoms with Gasteiger partial charge in [-0.05, 0) is 63.9 Å². The molecule has 37 heavy (non-hydrogen) atoms. The van der Waals surface area contributed by atoms with Crippen molar-refractivity contribution < 1.29 is 19.7 Å². The molecule has 192 valence electrons. The SMILES string of the molecule is O=C(NCCc1ccccc1)[C@H]1O[C@@H](n2cnc3c(NCc4cccc(I)c4)nc(Cl)nc32)[C@H](O)[C@@H]1O. The number of aliphatic hydroxyl groups is 2. The lowest BCUT2D eigenvalue weighted by atomic mass is 10.1. The molecule has 0 unspecified atom stereocenters. The van der Waals surface area contributed by atoms with Crippen molar-refractivity contribution in [3.05, 3.63) is 80.9 Å². The first kappa shape index (κ1) is 25.8. The number of hydrogen-bond acceptors (Lipinski definition) is 8. The predicted octanol–water partition coefficient (Wildman–Crippen LogP) is 2.67. The summed E-state index contributed by atoms with van der Waals surface area (Å²) < 4.78 is 8.37. The van der Waals surface area contributed by atoms with Crippen LogP contribution in [0.5, 0.6) is 0 Å². The number of aliphatic hydroxyl groups excluding tert-OH is 2. The van der Waals surface area contributed by atoms with Crippen molar-refractivity contribution in [2.75, 3.05) is 11.9 Å². The highest BCUT2D eigenvalue weighted by Crippen LogP contribution is 2.33. The molecule has 4 N–H and O–H groups in total. The fourth-order valence-corrected chi connectivity index (χ4v) is 4.99. The molecule has 1 aliphatic heterocycles. The van der Waals surface area contributed by atoms with Gasteiger partial charge in [-0.25, -0.2) is 4.98 Å². The van der Waals surface area contributed by atoms with Crippen LogP contribution in [0.15, 0.2) is 60.9 Å². The smallest absolute Gasteiger partial charge is 0.252 e. The zero-order valence-corrected chi connectivity index (χ0v) is 22.4. The van der Waals surface area contributed by atoms with Gasteiger partial charge in [0.05, 0.1) is 6.33 Å². The summed E-state index contributed by atoms with van der Waals surface area (Å²) in [4.78, 5) is 25.6. The van der Waals surface area contributed by atoms with Crippen molar-refractivity contribution in [3.8, 4) is 0 Å². The summed E-state index contributed by atoms with van der Waals surface area (Å²) in [5, 5.41) is 27.3. The van der Waals surface area contributed by atoms with E-state index in [0.29, 0.717) is 36.5 Å². The molecular formula is C25H24ClIN6O4. The zero-order valence-electron chi connectivity index (χ0n) is 19.5. The Morgan fingerprint density at radius 2 is 1.86 bits per heavy atom. The molecule has 1 saturated heterocycles. The summed E-state index contributed by atoms with van der Waals surface area (Å²) in [6, 6.07) is 17.7. The molecule has 1 fully saturated rings. The van der Waals surface area contributed by atoms with Gasteiger partial charge in [0.2, 0.25) is 5.28 Å². The third-order valence-electron chi connectivity index (χ3n) is 6.07. The van der Waals surface area contributed by atoms with Crippen LogP contribution in [0.25, 0.3) is 11.2 Å². The van der Waals surface area contributed by atoms with Gasteiger partial charge < -0.3 is 25.6 Å². The highest BCUT2D eigenvalue weighted by molar-refractivity contribution is 14.1. The number of hydrogen-bond donors (Lipinski definition) is 4. The van der Waals surface area contributed by atoms with E-state index in [4.69, 9.17) is 16.3 Å². The maximum absolute atomic E-state index is 12.7. The average molecular weight is 635 g/mol. The number of fused-ring (bicyclic) bond motifs is 1. The van der Waals surface area contributed by atoms with Crippen molar-refractivity contribution in [1.82, 2.24) is 24.8 Å². The Kier molecular flexibility index (Phi) is 7.86. The number of anilines is 1. The highest BCUT2D eigenvalue weighted by atomic mass is 127. The molecule has 1 amide bonds. The summed E-state index contributed by atoms with van der Waals surface area (Å²) in [5.41, 5.74) is 2.83. The van der Waals surface area contributed by atoms with Gasteiger partial charge in [-0.15, -0.1) is 0 Å². The molecule has 0 spiro atoms. The third-order valence-corrected chi connectivity index (χ3v) is 6.91. The number of aromatic nitrogens is 4. The van der Waals surface area contributed by atoms with Crippen LogP contribution >= 0.6 is 34.2 Å². The van der Waals surface area contributed by atoms with E-state index >= 15 is 0 Å². The first-order valence-corrected chi connectivity index (χ1v) is 13.1. The van der Waals surface area contributed by atoms with E-state index in [9.17, 15) is 15.0 Å². The Balaban J connectivity index is 1.30. The van der Waals surface area contributed by atoms with Crippen LogP contribution in [0.4, 0.5) is 5.82 Å². The summed E-state index contributed by atoms with van der Waals surface area (Å²) >= 11 is 8.44. The van der Waals surface area contributed by atoms with E-state index in [2.05, 4.69) is 48.2 Å². The topological polar surface area (TPSA) is 134 Å². The number of nitrogens with zero attached hydrogens (tertiary/aromatic N) is 4. The molecule has 0 saturated carbocycles. The van der Waals surface area contributed by atoms with Gasteiger partial charge in [-0.1, -0.05) is 42.5 Å². The van der Waals surface area contributed by atoms with Crippen molar-refractivity contribution in [2.45, 2.75) is 37.5 Å². The minimum Gasteiger partial charge on any atom is -0.387 e. The van der Waals surface area contributed by atoms with E-state index in [1.807, 2.05) is 54.6 Å². The highest BCUT2D eigenvalue weighted by Gasteiger charge is 2.47. The van der Waals surface area contributed by atoms with E-state index in [1.54, 1.807) is 0 Å². The first-order valence-electron chi connectivity index (χ1n) is 11.6. The maximum atomic E-state index is 12.7. The van der Waals surface area contributed by atoms with E-state index in [0.717, 1.165) is 14.7 Å². The van der Waals surface area contributed by atoms with Crippen molar-refractivity contribution >= 4 is 57.1 Å². The second kappa shape index (κ2) is 11.3. The summed E-state index contributed by atoms with van der Waals surface area (Å²) in [6.07, 6.45) is -3.14. The lowest BCUT2D eigenvalue weighted by Gasteiger charge is -2.16. The third kappa shape index (κ3) is 5.70. The van der Waals surface area contributed by atoms with Crippen LogP contribution in [-0.4, -0.2) is 60.5 Å². The number of carbonyl (C=O) groups is 1. The van der Waals surface area contributed by atoms with Gasteiger partial charge in [-0.3, -0.25) is 9.36 Å². The number of carbonyl (C=O) groups excluding carboxylic acids is 1. The van der Waals surface area contributed by atoms with Crippen LogP contribution in [0, 0.1) is 3.57 Å². The number of amides is 1. The van der Waals surface area contributed by atoms with E-state index < -0.39 is 30.4 Å². The molecule has 0 radical (unpaired) electrons. The number of benzene rings is 2. The van der Waals surface area contributed by atoms with Gasteiger partial charge >= 0.3 is 0 Å². The number of ether oxygens (including phenoxy) is 1. The van der Waals surface area contributed by atoms with Crippen LogP contribution in [0.1, 0.15) is 17.4 Å². The molecule has 2 aromatic carbocycles. The number of nitrogens with one attached hydrogen (secondary N) is 2. The minimum absolute atomic E-state index is 0.0253. The van der Waals surface area contributed by atoms with Gasteiger partial charge in [0, 0.05) is 16.7 Å². The van der Waals surface area contributed by atoms with Gasteiger partial charge in [0.1, 0.15) is 12.2 Å². The number of imidazole rings is 1. The largest absolute Gasteiger partial charge is 0.387 e. The molecule has 1 aliphatic rings. The van der Waals surface area contributed by atoms with Crippen LogP contribution in [0.2, 0.25) is 5.28 Å². The Bertz CT molecular complexity index is 1400. The molecule has 2 aromatic heterocycles. The van der Waals surface area contributed by atoms with E-state index in [-0.39, 0.29) is 5.28 Å². The standard InChI is InChI=1S/C25H24ClIN6O4/c26-25-31-21(29-12-15-7-4-8-16(27)11-15)17-22(32-25)33(13-30-17)24-19(35)18(34)20(37-24)23(36)28-10-9-14-5-2-1-3-6-14/h1-8,11,13,18-20,24,34-35H,9-10,12H2,(H,28,36)(H,29,31,32)/t18-,19+,20-,24+/m0/s1. The normalized spacial score (nSPS) is 21.3. The molecule has 0 aliphatic carbocycles. The fraction of sp³-hybridized carbons (Fsp3) is 0.280. The second-order valence-electron chi connectivity index (χ2n) is 8.60. The molecule has 5 rings (SSSR count). The Morgan fingerprint density at radius 3 is 2.65 bits per heavy atom. The molecule has 12 heteroatoms. The molecule has 4 aromatic rings. The fourth-order valence-electron chi connectivity index (χ4n) is 4.21. The van der Waals surface area contributed by atoms with Gasteiger partial charge in [0.15, 0.2) is 29.3 Å². The Morgan fingerprint density at radius 1 is 1.08 bits per heavy atom.